The number of thiophene rings is 1. The number of hydrogen-bond donors (Lipinski definition) is 1. The molecule has 1 aromatic rings. The van der Waals surface area contributed by atoms with Crippen molar-refractivity contribution in [3.05, 3.63) is 21.9 Å². The zero-order chi connectivity index (χ0) is 13.4. The maximum absolute atomic E-state index is 12.5. The van der Waals surface area contributed by atoms with E-state index in [1.807, 2.05) is 11.4 Å². The van der Waals surface area contributed by atoms with Crippen LogP contribution in [0, 0.1) is 0 Å². The molecule has 0 spiro atoms. The highest BCUT2D eigenvalue weighted by atomic mass is 32.1. The number of carboxylic acids is 1. The molecule has 1 saturated carbocycles. The van der Waals surface area contributed by atoms with E-state index in [0.29, 0.717) is 12.5 Å². The minimum absolute atomic E-state index is 0.0496. The third kappa shape index (κ3) is 2.50. The monoisotopic (exact) mass is 281 g/mol. The van der Waals surface area contributed by atoms with Gasteiger partial charge in [-0.15, -0.1) is 11.3 Å². The fraction of sp³-hybridized carbons (Fsp3) is 0.538. The van der Waals surface area contributed by atoms with E-state index < -0.39 is 12.1 Å². The minimum atomic E-state index is -1.01. The van der Waals surface area contributed by atoms with Crippen LogP contribution in [0.3, 0.4) is 0 Å². The first-order chi connectivity index (χ1) is 9.16. The van der Waals surface area contributed by atoms with E-state index in [-0.39, 0.29) is 19.1 Å². The van der Waals surface area contributed by atoms with Crippen LogP contribution in [0.4, 0.5) is 0 Å². The molecule has 0 unspecified atom stereocenters. The van der Waals surface area contributed by atoms with Crippen LogP contribution in [0.1, 0.15) is 34.0 Å². The third-order valence-electron chi connectivity index (χ3n) is 3.54. The lowest BCUT2D eigenvalue weighted by Crippen LogP contribution is -2.48. The molecular weight excluding hydrogens is 266 g/mol. The standard InChI is InChI=1S/C13H15NO4S/c15-12(11-9(3-6-19-11)8-1-2-8)14-4-5-18-10(7-14)13(16)17/h3,6,8,10H,1-2,4-5,7H2,(H,16,17)/t10-/m1/s1. The van der Waals surface area contributed by atoms with Gasteiger partial charge in [0.15, 0.2) is 6.10 Å². The van der Waals surface area contributed by atoms with Gasteiger partial charge in [-0.2, -0.15) is 0 Å². The molecule has 2 aliphatic rings. The van der Waals surface area contributed by atoms with Crippen molar-refractivity contribution in [1.29, 1.82) is 0 Å². The Morgan fingerprint density at radius 3 is 2.89 bits per heavy atom. The number of ether oxygens (including phenoxy) is 1. The maximum atomic E-state index is 12.5. The van der Waals surface area contributed by atoms with Crippen LogP contribution in [0.25, 0.3) is 0 Å². The van der Waals surface area contributed by atoms with Crippen LogP contribution in [0.15, 0.2) is 11.4 Å². The molecule has 1 amide bonds. The van der Waals surface area contributed by atoms with Crippen LogP contribution < -0.4 is 0 Å². The van der Waals surface area contributed by atoms with Gasteiger partial charge in [0, 0.05) is 6.54 Å². The second-order valence-corrected chi connectivity index (χ2v) is 5.84. The van der Waals surface area contributed by atoms with Crippen molar-refractivity contribution in [2.75, 3.05) is 19.7 Å². The summed E-state index contributed by atoms with van der Waals surface area (Å²) in [6.07, 6.45) is 1.40. The molecule has 1 N–H and O–H groups in total. The normalized spacial score (nSPS) is 23.4. The number of hydrogen-bond acceptors (Lipinski definition) is 4. The molecule has 0 radical (unpaired) electrons. The first-order valence-corrected chi connectivity index (χ1v) is 7.26. The van der Waals surface area contributed by atoms with Gasteiger partial charge in [-0.05, 0) is 35.8 Å². The first kappa shape index (κ1) is 12.6. The molecule has 3 rings (SSSR count). The van der Waals surface area contributed by atoms with Gasteiger partial charge in [0.2, 0.25) is 0 Å². The number of amides is 1. The number of carbonyl (C=O) groups is 2. The molecule has 5 nitrogen and oxygen atoms in total. The smallest absolute Gasteiger partial charge is 0.334 e. The third-order valence-corrected chi connectivity index (χ3v) is 4.45. The van der Waals surface area contributed by atoms with Crippen molar-refractivity contribution < 1.29 is 19.4 Å². The summed E-state index contributed by atoms with van der Waals surface area (Å²) in [7, 11) is 0. The largest absolute Gasteiger partial charge is 0.479 e. The molecule has 1 aliphatic heterocycles. The van der Waals surface area contributed by atoms with Gasteiger partial charge in [0.05, 0.1) is 18.0 Å². The Kier molecular flexibility index (Phi) is 3.28. The van der Waals surface area contributed by atoms with Crippen molar-refractivity contribution in [2.24, 2.45) is 0 Å². The molecule has 1 aromatic heterocycles. The fourth-order valence-electron chi connectivity index (χ4n) is 2.34. The molecule has 0 aromatic carbocycles. The van der Waals surface area contributed by atoms with E-state index >= 15 is 0 Å². The lowest BCUT2D eigenvalue weighted by molar-refractivity contribution is -0.154. The van der Waals surface area contributed by atoms with E-state index in [4.69, 9.17) is 9.84 Å². The molecule has 6 heteroatoms. The number of morpholine rings is 1. The summed E-state index contributed by atoms with van der Waals surface area (Å²) >= 11 is 1.45. The number of carbonyl (C=O) groups excluding carboxylic acids is 1. The van der Waals surface area contributed by atoms with E-state index in [9.17, 15) is 9.59 Å². The Balaban J connectivity index is 1.75. The summed E-state index contributed by atoms with van der Waals surface area (Å²) in [4.78, 5) is 25.8. The summed E-state index contributed by atoms with van der Waals surface area (Å²) in [5.41, 5.74) is 1.13. The van der Waals surface area contributed by atoms with Crippen molar-refractivity contribution in [3.8, 4) is 0 Å². The molecule has 102 valence electrons. The molecule has 19 heavy (non-hydrogen) atoms. The van der Waals surface area contributed by atoms with Crippen molar-refractivity contribution in [1.82, 2.24) is 4.90 Å². The van der Waals surface area contributed by atoms with Gasteiger partial charge in [-0.1, -0.05) is 0 Å². The summed E-state index contributed by atoms with van der Waals surface area (Å²) < 4.78 is 5.14. The zero-order valence-electron chi connectivity index (χ0n) is 10.4. The lowest BCUT2D eigenvalue weighted by Gasteiger charge is -2.30. The topological polar surface area (TPSA) is 66.8 Å². The van der Waals surface area contributed by atoms with Gasteiger partial charge in [-0.25, -0.2) is 4.79 Å². The number of rotatable bonds is 3. The molecule has 2 heterocycles. The number of carboxylic acid groups (broad SMARTS) is 1. The van der Waals surface area contributed by atoms with E-state index in [2.05, 4.69) is 0 Å². The molecule has 1 saturated heterocycles. The highest BCUT2D eigenvalue weighted by Gasteiger charge is 2.33. The van der Waals surface area contributed by atoms with Crippen LogP contribution in [-0.4, -0.2) is 47.7 Å². The van der Waals surface area contributed by atoms with Gasteiger partial charge >= 0.3 is 5.97 Å². The zero-order valence-corrected chi connectivity index (χ0v) is 11.2. The van der Waals surface area contributed by atoms with Crippen molar-refractivity contribution in [2.45, 2.75) is 24.9 Å². The Morgan fingerprint density at radius 1 is 1.42 bits per heavy atom. The van der Waals surface area contributed by atoms with Gasteiger partial charge in [-0.3, -0.25) is 4.79 Å². The Hall–Kier alpha value is -1.40. The molecule has 0 bridgehead atoms. The van der Waals surface area contributed by atoms with E-state index in [1.54, 1.807) is 4.90 Å². The van der Waals surface area contributed by atoms with Crippen molar-refractivity contribution >= 4 is 23.2 Å². The predicted molar refractivity (Wildman–Crippen MR) is 69.6 cm³/mol. The van der Waals surface area contributed by atoms with E-state index in [0.717, 1.165) is 23.3 Å². The Morgan fingerprint density at radius 2 is 2.21 bits per heavy atom. The van der Waals surface area contributed by atoms with E-state index in [1.165, 1.54) is 11.3 Å². The lowest BCUT2D eigenvalue weighted by atomic mass is 10.1. The second-order valence-electron chi connectivity index (χ2n) is 4.93. The molecule has 1 aliphatic carbocycles. The van der Waals surface area contributed by atoms with Crippen molar-refractivity contribution in [3.63, 3.8) is 0 Å². The molecular formula is C13H15NO4S. The second kappa shape index (κ2) is 4.94. The van der Waals surface area contributed by atoms with Crippen LogP contribution in [0.2, 0.25) is 0 Å². The van der Waals surface area contributed by atoms with Crippen LogP contribution in [-0.2, 0) is 9.53 Å². The summed E-state index contributed by atoms with van der Waals surface area (Å²) in [6.45, 7) is 0.883. The Labute approximate surface area is 114 Å². The average molecular weight is 281 g/mol. The minimum Gasteiger partial charge on any atom is -0.479 e. The SMILES string of the molecule is O=C(O)[C@H]1CN(C(=O)c2sccc2C2CC2)CCO1. The highest BCUT2D eigenvalue weighted by molar-refractivity contribution is 7.12. The quantitative estimate of drug-likeness (QED) is 0.913. The number of nitrogens with zero attached hydrogens (tertiary/aromatic N) is 1. The average Bonchev–Trinajstić information content (AvgIpc) is 3.15. The summed E-state index contributed by atoms with van der Waals surface area (Å²) in [5, 5.41) is 10.9. The fourth-order valence-corrected chi connectivity index (χ4v) is 3.29. The first-order valence-electron chi connectivity index (χ1n) is 6.38. The summed E-state index contributed by atoms with van der Waals surface area (Å²) in [6, 6.07) is 2.02. The van der Waals surface area contributed by atoms with Gasteiger partial charge < -0.3 is 14.7 Å². The van der Waals surface area contributed by atoms with Crippen LogP contribution >= 0.6 is 11.3 Å². The predicted octanol–water partition coefficient (Wildman–Crippen LogP) is 1.55. The highest BCUT2D eigenvalue weighted by Crippen LogP contribution is 2.43. The van der Waals surface area contributed by atoms with Gasteiger partial charge in [0.25, 0.3) is 5.91 Å². The number of aliphatic carboxylic acids is 1. The molecule has 2 fully saturated rings. The summed E-state index contributed by atoms with van der Waals surface area (Å²) in [5.74, 6) is -0.529. The van der Waals surface area contributed by atoms with Crippen LogP contribution in [0.5, 0.6) is 0 Å². The Bertz CT molecular complexity index is 508. The maximum Gasteiger partial charge on any atom is 0.334 e. The van der Waals surface area contributed by atoms with Gasteiger partial charge in [0.1, 0.15) is 0 Å². The molecule has 1 atom stereocenters.